The molecular formula is C38H77Cl3O6. The topological polar surface area (TPSA) is 82.1 Å². The number of hydrogen-bond donors (Lipinski definition) is 1. The highest BCUT2D eigenvalue weighted by Gasteiger charge is 2.01. The number of rotatable bonds is 31. The zero-order valence-corrected chi connectivity index (χ0v) is 33.2. The average molecular weight is 737 g/mol. The number of carbonyl (C=O) groups excluding carboxylic acids is 2. The fraction of sp³-hybridized carbons (Fsp3) is 0.947. The summed E-state index contributed by atoms with van der Waals surface area (Å²) in [4.78, 5) is 20.4. The first kappa shape index (κ1) is 50.9. The van der Waals surface area contributed by atoms with Crippen molar-refractivity contribution in [2.75, 3.05) is 25.3 Å². The molecule has 0 aliphatic carbocycles. The molecule has 0 amide bonds. The fourth-order valence-corrected chi connectivity index (χ4v) is 5.19. The third kappa shape index (κ3) is 64.7. The second kappa shape index (κ2) is 55.0. The highest BCUT2D eigenvalue weighted by molar-refractivity contribution is 6.61. The molecule has 47 heavy (non-hydrogen) atoms. The SMILES string of the molecule is CCCCCCCCCCCCCCCCO.CCCCCCCCCCCCCCCCOC(=O)OCCl.O=C(Cl)OCCl.[2H]CC. The summed E-state index contributed by atoms with van der Waals surface area (Å²) < 4.78 is 19.5. The quantitative estimate of drug-likeness (QED) is 0.0330. The maximum absolute atomic E-state index is 10.8. The Kier molecular flexibility index (Phi) is 59.6. The Morgan fingerprint density at radius 1 is 0.511 bits per heavy atom. The van der Waals surface area contributed by atoms with Gasteiger partial charge in [-0.1, -0.05) is 218 Å². The van der Waals surface area contributed by atoms with Crippen molar-refractivity contribution >= 4 is 46.4 Å². The second-order valence-electron chi connectivity index (χ2n) is 11.8. The summed E-state index contributed by atoms with van der Waals surface area (Å²) in [5.74, 6) is 0. The van der Waals surface area contributed by atoms with E-state index in [4.69, 9.17) is 34.4 Å². The van der Waals surface area contributed by atoms with Gasteiger partial charge < -0.3 is 19.3 Å². The van der Waals surface area contributed by atoms with E-state index in [0.717, 1.165) is 19.3 Å². The van der Waals surface area contributed by atoms with Crippen molar-refractivity contribution in [3.8, 4) is 0 Å². The van der Waals surface area contributed by atoms with Crippen molar-refractivity contribution in [1.29, 1.82) is 0 Å². The number of carbonyl (C=O) groups is 2. The van der Waals surface area contributed by atoms with Crippen LogP contribution in [0.2, 0.25) is 0 Å². The van der Waals surface area contributed by atoms with E-state index in [-0.39, 0.29) is 12.1 Å². The van der Waals surface area contributed by atoms with Gasteiger partial charge in [0.25, 0.3) is 0 Å². The van der Waals surface area contributed by atoms with E-state index in [9.17, 15) is 9.59 Å². The molecule has 1 N–H and O–H groups in total. The van der Waals surface area contributed by atoms with Crippen LogP contribution in [0.5, 0.6) is 0 Å². The lowest BCUT2D eigenvalue weighted by Gasteiger charge is -2.04. The normalized spacial score (nSPS) is 10.3. The van der Waals surface area contributed by atoms with Crippen molar-refractivity contribution in [2.45, 2.75) is 207 Å². The molecule has 0 radical (unpaired) electrons. The van der Waals surface area contributed by atoms with Gasteiger partial charge in [-0.15, -0.1) is 0 Å². The van der Waals surface area contributed by atoms with Crippen LogP contribution >= 0.6 is 34.8 Å². The number of halogens is 3. The monoisotopic (exact) mass is 735 g/mol. The van der Waals surface area contributed by atoms with Crippen LogP contribution in [-0.2, 0) is 14.2 Å². The van der Waals surface area contributed by atoms with Crippen LogP contribution in [0.1, 0.15) is 209 Å². The van der Waals surface area contributed by atoms with Crippen molar-refractivity contribution in [2.24, 2.45) is 0 Å². The molecule has 9 heteroatoms. The van der Waals surface area contributed by atoms with Crippen LogP contribution in [-0.4, -0.2) is 42.0 Å². The maximum Gasteiger partial charge on any atom is 0.509 e. The van der Waals surface area contributed by atoms with Crippen LogP contribution in [0.4, 0.5) is 9.59 Å². The first-order chi connectivity index (χ1) is 23.4. The largest absolute Gasteiger partial charge is 0.509 e. The second-order valence-corrected chi connectivity index (χ2v) is 12.5. The highest BCUT2D eigenvalue weighted by atomic mass is 35.5. The number of alkyl halides is 2. The minimum atomic E-state index is -0.870. The summed E-state index contributed by atoms with van der Waals surface area (Å²) in [6.45, 7) is 7.65. The zero-order chi connectivity index (χ0) is 36.6. The van der Waals surface area contributed by atoms with Gasteiger partial charge in [0.05, 0.1) is 6.61 Å². The Bertz CT molecular complexity index is 563. The number of ether oxygens (including phenoxy) is 3. The van der Waals surface area contributed by atoms with Crippen LogP contribution in [0.3, 0.4) is 0 Å². The van der Waals surface area contributed by atoms with Gasteiger partial charge in [-0.25, -0.2) is 9.59 Å². The van der Waals surface area contributed by atoms with Crippen molar-refractivity contribution in [3.05, 3.63) is 0 Å². The summed E-state index contributed by atoms with van der Waals surface area (Å²) in [5, 5.41) is 8.64. The van der Waals surface area contributed by atoms with E-state index < -0.39 is 11.6 Å². The van der Waals surface area contributed by atoms with Gasteiger partial charge in [-0.2, -0.15) is 0 Å². The highest BCUT2D eigenvalue weighted by Crippen LogP contribution is 2.14. The molecule has 0 bridgehead atoms. The Hall–Kier alpha value is -0.430. The van der Waals surface area contributed by atoms with E-state index in [0.29, 0.717) is 20.1 Å². The molecule has 0 aromatic carbocycles. The van der Waals surface area contributed by atoms with Crippen LogP contribution in [0, 0.1) is 0 Å². The third-order valence-corrected chi connectivity index (χ3v) is 7.90. The molecule has 0 unspecified atom stereocenters. The Morgan fingerprint density at radius 3 is 1.02 bits per heavy atom. The van der Waals surface area contributed by atoms with Crippen molar-refractivity contribution in [3.63, 3.8) is 0 Å². The number of aliphatic hydroxyl groups is 1. The molecule has 0 heterocycles. The van der Waals surface area contributed by atoms with Gasteiger partial charge in [-0.3, -0.25) is 0 Å². The van der Waals surface area contributed by atoms with Crippen molar-refractivity contribution < 1.29 is 30.3 Å². The van der Waals surface area contributed by atoms with Crippen LogP contribution in [0.15, 0.2) is 0 Å². The van der Waals surface area contributed by atoms with E-state index in [1.54, 1.807) is 6.92 Å². The smallest absolute Gasteiger partial charge is 0.437 e. The van der Waals surface area contributed by atoms with Gasteiger partial charge >= 0.3 is 11.6 Å². The molecule has 0 aliphatic rings. The lowest BCUT2D eigenvalue weighted by molar-refractivity contribution is 0.0664. The molecule has 0 aromatic rings. The Balaban J connectivity index is -0.000000327. The molecule has 0 saturated carbocycles. The molecule has 6 nitrogen and oxygen atoms in total. The third-order valence-electron chi connectivity index (χ3n) is 7.57. The minimum absolute atomic E-state index is 0.141. The van der Waals surface area contributed by atoms with Gasteiger partial charge in [0, 0.05) is 19.6 Å². The molecule has 0 rings (SSSR count). The Morgan fingerprint density at radius 2 is 0.787 bits per heavy atom. The molecule has 0 fully saturated rings. The molecule has 286 valence electrons. The summed E-state index contributed by atoms with van der Waals surface area (Å²) in [5.41, 5.74) is -0.870. The van der Waals surface area contributed by atoms with Gasteiger partial charge in [0.15, 0.2) is 12.1 Å². The van der Waals surface area contributed by atoms with Gasteiger partial charge in [0.1, 0.15) is 0 Å². The fourth-order valence-electron chi connectivity index (χ4n) is 4.89. The molecule has 0 aromatic heterocycles. The van der Waals surface area contributed by atoms with Gasteiger partial charge in [0.2, 0.25) is 0 Å². The van der Waals surface area contributed by atoms with Gasteiger partial charge in [-0.05, 0) is 12.8 Å². The van der Waals surface area contributed by atoms with E-state index >= 15 is 0 Å². The number of unbranched alkanes of at least 4 members (excludes halogenated alkanes) is 26. The summed E-state index contributed by atoms with van der Waals surface area (Å²) in [7, 11) is 0. The lowest BCUT2D eigenvalue weighted by atomic mass is 10.0. The first-order valence-electron chi connectivity index (χ1n) is 19.8. The summed E-state index contributed by atoms with van der Waals surface area (Å²) in [6, 6.07) is -0.320. The maximum atomic E-state index is 10.8. The average Bonchev–Trinajstić information content (AvgIpc) is 3.06. The molecule has 0 aliphatic heterocycles. The first-order valence-corrected chi connectivity index (χ1v) is 20.5. The summed E-state index contributed by atoms with van der Waals surface area (Å²) >= 11 is 14.7. The van der Waals surface area contributed by atoms with Crippen molar-refractivity contribution in [1.82, 2.24) is 0 Å². The lowest BCUT2D eigenvalue weighted by Crippen LogP contribution is -2.07. The molecule has 0 spiro atoms. The van der Waals surface area contributed by atoms with Crippen LogP contribution in [0.25, 0.3) is 0 Å². The molecule has 0 atom stereocenters. The van der Waals surface area contributed by atoms with Crippen LogP contribution < -0.4 is 0 Å². The van der Waals surface area contributed by atoms with E-state index in [1.165, 1.54) is 161 Å². The predicted molar refractivity (Wildman–Crippen MR) is 205 cm³/mol. The number of aliphatic hydroxyl groups excluding tert-OH is 1. The minimum Gasteiger partial charge on any atom is -0.437 e. The standard InChI is InChI=1S/C18H35ClO3.C16H34O.C2H2Cl2O2.C2H6/c1-2-3-4-5-6-7-8-9-10-11-12-13-14-15-16-21-18(20)22-17-19;1-2-3-4-5-6-7-8-9-10-11-12-13-14-15-16-17;3-1-6-2(4)5;1-2/h2-17H2,1H3;17H,2-16H2,1H3;1H2;1-2H3/i;;;1D. The predicted octanol–water partition coefficient (Wildman–Crippen LogP) is 14.9. The Labute approximate surface area is 308 Å². The van der Waals surface area contributed by atoms with E-state index in [2.05, 4.69) is 34.9 Å². The number of hydrogen-bond acceptors (Lipinski definition) is 6. The molecule has 0 saturated heterocycles. The molecular weight excluding hydrogens is 659 g/mol. The van der Waals surface area contributed by atoms with E-state index in [1.807, 2.05) is 0 Å². The zero-order valence-electron chi connectivity index (χ0n) is 32.0. The summed E-state index contributed by atoms with van der Waals surface area (Å²) in [6.07, 6.45) is 37.0.